The fourth-order valence-electron chi connectivity index (χ4n) is 1.86. The van der Waals surface area contributed by atoms with E-state index >= 15 is 0 Å². The normalized spacial score (nSPS) is 10.3. The van der Waals surface area contributed by atoms with Crippen molar-refractivity contribution in [2.75, 3.05) is 13.1 Å². The number of carboxylic acid groups (broad SMARTS) is 1. The third kappa shape index (κ3) is 4.64. The monoisotopic (exact) mass is 278 g/mol. The fourth-order valence-corrected chi connectivity index (χ4v) is 1.86. The van der Waals surface area contributed by atoms with Gasteiger partial charge in [-0.3, -0.25) is 9.78 Å². The fraction of sp³-hybridized carbons (Fsp3) is 0.533. The molecular formula is C15H22N2O3. The van der Waals surface area contributed by atoms with Crippen molar-refractivity contribution in [3.63, 3.8) is 0 Å². The van der Waals surface area contributed by atoms with Crippen molar-refractivity contribution in [2.24, 2.45) is 0 Å². The number of aromatic nitrogens is 1. The number of amides is 1. The average molecular weight is 278 g/mol. The number of carboxylic acids is 1. The summed E-state index contributed by atoms with van der Waals surface area (Å²) in [6.07, 6.45) is 5.27. The standard InChI is InChI=1S/C15H22N2O3/c1-3-5-9-17(10-6-4-2)14(18)13-11-12(15(19)20)7-8-16-13/h7-8,11H,3-6,9-10H2,1-2H3,(H,19,20). The SMILES string of the molecule is CCCCN(CCCC)C(=O)c1cc(C(=O)O)ccn1. The predicted octanol–water partition coefficient (Wildman–Crippen LogP) is 2.82. The maximum absolute atomic E-state index is 12.4. The Balaban J connectivity index is 2.86. The molecular weight excluding hydrogens is 256 g/mol. The van der Waals surface area contributed by atoms with Crippen molar-refractivity contribution in [3.05, 3.63) is 29.6 Å². The van der Waals surface area contributed by atoms with E-state index in [2.05, 4.69) is 18.8 Å². The van der Waals surface area contributed by atoms with E-state index in [0.717, 1.165) is 25.7 Å². The summed E-state index contributed by atoms with van der Waals surface area (Å²) in [6.45, 7) is 5.53. The van der Waals surface area contributed by atoms with Crippen LogP contribution in [0.1, 0.15) is 60.4 Å². The second-order valence-corrected chi connectivity index (χ2v) is 4.73. The van der Waals surface area contributed by atoms with Crippen LogP contribution in [-0.4, -0.2) is 40.0 Å². The van der Waals surface area contributed by atoms with Crippen molar-refractivity contribution < 1.29 is 14.7 Å². The molecule has 0 spiro atoms. The van der Waals surface area contributed by atoms with Crippen molar-refractivity contribution in [2.45, 2.75) is 39.5 Å². The van der Waals surface area contributed by atoms with Gasteiger partial charge in [0.2, 0.25) is 0 Å². The molecule has 1 amide bonds. The molecule has 20 heavy (non-hydrogen) atoms. The quantitative estimate of drug-likeness (QED) is 0.793. The number of carbonyl (C=O) groups is 2. The highest BCUT2D eigenvalue weighted by Crippen LogP contribution is 2.08. The third-order valence-electron chi connectivity index (χ3n) is 3.08. The van der Waals surface area contributed by atoms with Gasteiger partial charge in [0.05, 0.1) is 5.56 Å². The van der Waals surface area contributed by atoms with E-state index in [-0.39, 0.29) is 17.2 Å². The number of unbranched alkanes of at least 4 members (excludes halogenated alkanes) is 2. The molecule has 1 rings (SSSR count). The maximum atomic E-state index is 12.4. The molecule has 0 bridgehead atoms. The third-order valence-corrected chi connectivity index (χ3v) is 3.08. The minimum absolute atomic E-state index is 0.0919. The summed E-state index contributed by atoms with van der Waals surface area (Å²) in [7, 11) is 0. The number of pyridine rings is 1. The van der Waals surface area contributed by atoms with Crippen LogP contribution in [0.4, 0.5) is 0 Å². The van der Waals surface area contributed by atoms with Gasteiger partial charge >= 0.3 is 5.97 Å². The Hall–Kier alpha value is -1.91. The minimum atomic E-state index is -1.05. The highest BCUT2D eigenvalue weighted by Gasteiger charge is 2.17. The van der Waals surface area contributed by atoms with Gasteiger partial charge in [-0.15, -0.1) is 0 Å². The Labute approximate surface area is 119 Å². The largest absolute Gasteiger partial charge is 0.478 e. The first-order valence-electron chi connectivity index (χ1n) is 7.08. The van der Waals surface area contributed by atoms with E-state index in [1.807, 2.05) is 0 Å². The van der Waals surface area contributed by atoms with Gasteiger partial charge in [0.1, 0.15) is 5.69 Å². The van der Waals surface area contributed by atoms with Crippen molar-refractivity contribution >= 4 is 11.9 Å². The van der Waals surface area contributed by atoms with E-state index in [1.165, 1.54) is 18.3 Å². The Morgan fingerprint density at radius 2 is 1.80 bits per heavy atom. The molecule has 0 aromatic carbocycles. The van der Waals surface area contributed by atoms with Gasteiger partial charge in [0.25, 0.3) is 5.91 Å². The second kappa shape index (κ2) is 8.30. The van der Waals surface area contributed by atoms with Crippen LogP contribution in [0.5, 0.6) is 0 Å². The molecule has 0 radical (unpaired) electrons. The first-order valence-corrected chi connectivity index (χ1v) is 7.08. The molecule has 1 aromatic rings. The number of rotatable bonds is 8. The van der Waals surface area contributed by atoms with Crippen molar-refractivity contribution in [1.82, 2.24) is 9.88 Å². The van der Waals surface area contributed by atoms with Gasteiger partial charge in [0, 0.05) is 19.3 Å². The van der Waals surface area contributed by atoms with Crippen LogP contribution in [-0.2, 0) is 0 Å². The molecule has 0 saturated heterocycles. The van der Waals surface area contributed by atoms with Gasteiger partial charge in [-0.05, 0) is 25.0 Å². The van der Waals surface area contributed by atoms with E-state index in [0.29, 0.717) is 13.1 Å². The summed E-state index contributed by atoms with van der Waals surface area (Å²) in [5, 5.41) is 8.96. The molecule has 0 aliphatic heterocycles. The Morgan fingerprint density at radius 3 is 2.30 bits per heavy atom. The first kappa shape index (κ1) is 16.1. The topological polar surface area (TPSA) is 70.5 Å². The van der Waals surface area contributed by atoms with Gasteiger partial charge in [-0.2, -0.15) is 0 Å². The predicted molar refractivity (Wildman–Crippen MR) is 76.9 cm³/mol. The lowest BCUT2D eigenvalue weighted by molar-refractivity contribution is 0.0696. The molecule has 0 aliphatic rings. The molecule has 5 nitrogen and oxygen atoms in total. The molecule has 1 aromatic heterocycles. The van der Waals surface area contributed by atoms with Crippen LogP contribution in [0, 0.1) is 0 Å². The zero-order valence-electron chi connectivity index (χ0n) is 12.1. The van der Waals surface area contributed by atoms with Crippen LogP contribution < -0.4 is 0 Å². The van der Waals surface area contributed by atoms with E-state index < -0.39 is 5.97 Å². The summed E-state index contributed by atoms with van der Waals surface area (Å²) in [4.78, 5) is 29.1. The van der Waals surface area contributed by atoms with Crippen molar-refractivity contribution in [1.29, 1.82) is 0 Å². The summed E-state index contributed by atoms with van der Waals surface area (Å²) in [5.74, 6) is -1.23. The minimum Gasteiger partial charge on any atom is -0.478 e. The van der Waals surface area contributed by atoms with E-state index in [4.69, 9.17) is 5.11 Å². The molecule has 5 heteroatoms. The molecule has 0 unspecified atom stereocenters. The Morgan fingerprint density at radius 1 is 1.20 bits per heavy atom. The van der Waals surface area contributed by atoms with Gasteiger partial charge in [0.15, 0.2) is 0 Å². The molecule has 0 aliphatic carbocycles. The van der Waals surface area contributed by atoms with Gasteiger partial charge in [-0.25, -0.2) is 4.79 Å². The van der Waals surface area contributed by atoms with Crippen LogP contribution >= 0.6 is 0 Å². The maximum Gasteiger partial charge on any atom is 0.335 e. The van der Waals surface area contributed by atoms with Gasteiger partial charge in [-0.1, -0.05) is 26.7 Å². The van der Waals surface area contributed by atoms with E-state index in [9.17, 15) is 9.59 Å². The average Bonchev–Trinajstić information content (AvgIpc) is 2.47. The lowest BCUT2D eigenvalue weighted by Crippen LogP contribution is -2.33. The van der Waals surface area contributed by atoms with Crippen LogP contribution in [0.15, 0.2) is 18.3 Å². The number of aromatic carboxylic acids is 1. The number of carbonyl (C=O) groups excluding carboxylic acids is 1. The summed E-state index contributed by atoms with van der Waals surface area (Å²) in [5.41, 5.74) is 0.298. The number of hydrogen-bond acceptors (Lipinski definition) is 3. The van der Waals surface area contributed by atoms with Gasteiger partial charge < -0.3 is 10.0 Å². The zero-order chi connectivity index (χ0) is 15.0. The second-order valence-electron chi connectivity index (χ2n) is 4.73. The first-order chi connectivity index (χ1) is 9.60. The lowest BCUT2D eigenvalue weighted by atomic mass is 10.2. The molecule has 1 heterocycles. The van der Waals surface area contributed by atoms with Crippen LogP contribution in [0.25, 0.3) is 0 Å². The van der Waals surface area contributed by atoms with Crippen LogP contribution in [0.3, 0.4) is 0 Å². The molecule has 110 valence electrons. The molecule has 1 N–H and O–H groups in total. The zero-order valence-corrected chi connectivity index (χ0v) is 12.1. The van der Waals surface area contributed by atoms with E-state index in [1.54, 1.807) is 4.90 Å². The molecule has 0 fully saturated rings. The Bertz CT molecular complexity index is 452. The highest BCUT2D eigenvalue weighted by molar-refractivity contribution is 5.95. The number of nitrogens with zero attached hydrogens (tertiary/aromatic N) is 2. The number of hydrogen-bond donors (Lipinski definition) is 1. The summed E-state index contributed by atoms with van der Waals surface area (Å²) in [6, 6.07) is 2.73. The smallest absolute Gasteiger partial charge is 0.335 e. The summed E-state index contributed by atoms with van der Waals surface area (Å²) >= 11 is 0. The summed E-state index contributed by atoms with van der Waals surface area (Å²) < 4.78 is 0. The highest BCUT2D eigenvalue weighted by atomic mass is 16.4. The van der Waals surface area contributed by atoms with Crippen molar-refractivity contribution in [3.8, 4) is 0 Å². The Kier molecular flexibility index (Phi) is 6.70. The van der Waals surface area contributed by atoms with Crippen LogP contribution in [0.2, 0.25) is 0 Å². The molecule has 0 atom stereocenters. The molecule has 0 saturated carbocycles. The lowest BCUT2D eigenvalue weighted by Gasteiger charge is -2.22.